The lowest BCUT2D eigenvalue weighted by Gasteiger charge is -2.26. The largest absolute Gasteiger partial charge is 0.392 e. The summed E-state index contributed by atoms with van der Waals surface area (Å²) in [5.74, 6) is 0. The Labute approximate surface area is 86.6 Å². The Kier molecular flexibility index (Phi) is 4.55. The summed E-state index contributed by atoms with van der Waals surface area (Å²) < 4.78 is 21.9. The second-order valence-electron chi connectivity index (χ2n) is 4.44. The van der Waals surface area contributed by atoms with Gasteiger partial charge in [-0.1, -0.05) is 0 Å². The van der Waals surface area contributed by atoms with Crippen molar-refractivity contribution in [3.63, 3.8) is 0 Å². The van der Waals surface area contributed by atoms with Gasteiger partial charge < -0.3 is 10.4 Å². The average molecular weight is 223 g/mol. The molecule has 5 heteroatoms. The predicted molar refractivity (Wildman–Crippen MR) is 58.1 cm³/mol. The molecule has 0 radical (unpaired) electrons. The SMILES string of the molecule is CC(O)C(C)NCC(C)(C)S(C)(=O)=O. The molecule has 0 spiro atoms. The average Bonchev–Trinajstić information content (AvgIpc) is 1.97. The van der Waals surface area contributed by atoms with Crippen LogP contribution in [0.2, 0.25) is 0 Å². The van der Waals surface area contributed by atoms with Gasteiger partial charge in [-0.25, -0.2) is 8.42 Å². The van der Waals surface area contributed by atoms with Crippen LogP contribution in [0.5, 0.6) is 0 Å². The zero-order valence-corrected chi connectivity index (χ0v) is 10.4. The van der Waals surface area contributed by atoms with Crippen LogP contribution in [0.3, 0.4) is 0 Å². The third kappa shape index (κ3) is 3.94. The quantitative estimate of drug-likeness (QED) is 0.697. The smallest absolute Gasteiger partial charge is 0.153 e. The summed E-state index contributed by atoms with van der Waals surface area (Å²) in [6.07, 6.45) is 0.743. The highest BCUT2D eigenvalue weighted by atomic mass is 32.2. The zero-order valence-electron chi connectivity index (χ0n) is 9.53. The fraction of sp³-hybridized carbons (Fsp3) is 1.00. The van der Waals surface area contributed by atoms with E-state index in [0.29, 0.717) is 6.54 Å². The Balaban J connectivity index is 4.27. The number of nitrogens with one attached hydrogen (secondary N) is 1. The van der Waals surface area contributed by atoms with Gasteiger partial charge in [0.1, 0.15) is 0 Å². The topological polar surface area (TPSA) is 66.4 Å². The molecular weight excluding hydrogens is 202 g/mol. The third-order valence-corrected chi connectivity index (χ3v) is 4.73. The molecule has 0 amide bonds. The van der Waals surface area contributed by atoms with Crippen molar-refractivity contribution in [2.75, 3.05) is 12.8 Å². The minimum absolute atomic E-state index is 0.101. The maximum atomic E-state index is 11.3. The highest BCUT2D eigenvalue weighted by molar-refractivity contribution is 7.92. The van der Waals surface area contributed by atoms with Gasteiger partial charge in [-0.15, -0.1) is 0 Å². The molecule has 0 aromatic heterocycles. The van der Waals surface area contributed by atoms with Crippen LogP contribution in [0.1, 0.15) is 27.7 Å². The summed E-state index contributed by atoms with van der Waals surface area (Å²) in [6.45, 7) is 7.18. The van der Waals surface area contributed by atoms with E-state index in [2.05, 4.69) is 5.32 Å². The summed E-state index contributed by atoms with van der Waals surface area (Å²) >= 11 is 0. The van der Waals surface area contributed by atoms with Gasteiger partial charge in [-0.3, -0.25) is 0 Å². The van der Waals surface area contributed by atoms with E-state index in [9.17, 15) is 13.5 Å². The highest BCUT2D eigenvalue weighted by Gasteiger charge is 2.30. The van der Waals surface area contributed by atoms with Crippen molar-refractivity contribution in [2.45, 2.75) is 44.6 Å². The molecule has 86 valence electrons. The lowest BCUT2D eigenvalue weighted by molar-refractivity contribution is 0.151. The van der Waals surface area contributed by atoms with E-state index >= 15 is 0 Å². The second kappa shape index (κ2) is 4.59. The number of sulfone groups is 1. The van der Waals surface area contributed by atoms with Crippen LogP contribution >= 0.6 is 0 Å². The zero-order chi connectivity index (χ0) is 11.6. The monoisotopic (exact) mass is 223 g/mol. The first kappa shape index (κ1) is 13.9. The minimum Gasteiger partial charge on any atom is -0.392 e. The van der Waals surface area contributed by atoms with E-state index in [-0.39, 0.29) is 6.04 Å². The van der Waals surface area contributed by atoms with E-state index < -0.39 is 20.7 Å². The molecule has 0 saturated carbocycles. The summed E-state index contributed by atoms with van der Waals surface area (Å²) in [7, 11) is -3.07. The molecule has 4 nitrogen and oxygen atoms in total. The van der Waals surface area contributed by atoms with E-state index in [1.807, 2.05) is 6.92 Å². The van der Waals surface area contributed by atoms with Gasteiger partial charge in [0, 0.05) is 18.8 Å². The van der Waals surface area contributed by atoms with Crippen LogP contribution in [0, 0.1) is 0 Å². The standard InChI is InChI=1S/C9H21NO3S/c1-7(8(2)11)10-6-9(3,4)14(5,12)13/h7-8,10-11H,6H2,1-5H3. The summed E-state index contributed by atoms with van der Waals surface area (Å²) in [4.78, 5) is 0. The molecule has 0 aromatic rings. The molecule has 0 aliphatic rings. The van der Waals surface area contributed by atoms with Gasteiger partial charge >= 0.3 is 0 Å². The van der Waals surface area contributed by atoms with Crippen LogP contribution in [0.4, 0.5) is 0 Å². The number of rotatable bonds is 5. The van der Waals surface area contributed by atoms with Gasteiger partial charge in [0.25, 0.3) is 0 Å². The first-order valence-corrected chi connectivity index (χ1v) is 6.58. The third-order valence-electron chi connectivity index (χ3n) is 2.58. The second-order valence-corrected chi connectivity index (χ2v) is 7.09. The van der Waals surface area contributed by atoms with Gasteiger partial charge in [-0.05, 0) is 27.7 Å². The fourth-order valence-corrected chi connectivity index (χ4v) is 1.05. The molecule has 14 heavy (non-hydrogen) atoms. The van der Waals surface area contributed by atoms with Gasteiger partial charge in [0.2, 0.25) is 0 Å². The van der Waals surface area contributed by atoms with Crippen molar-refractivity contribution in [2.24, 2.45) is 0 Å². The Hall–Kier alpha value is -0.130. The lowest BCUT2D eigenvalue weighted by Crippen LogP contribution is -2.47. The van der Waals surface area contributed by atoms with Crippen molar-refractivity contribution in [3.8, 4) is 0 Å². The van der Waals surface area contributed by atoms with Crippen molar-refractivity contribution < 1.29 is 13.5 Å². The van der Waals surface area contributed by atoms with E-state index in [1.165, 1.54) is 6.26 Å². The fourth-order valence-electron chi connectivity index (χ4n) is 0.708. The molecule has 0 bridgehead atoms. The number of hydrogen-bond acceptors (Lipinski definition) is 4. The highest BCUT2D eigenvalue weighted by Crippen LogP contribution is 2.13. The molecule has 2 atom stereocenters. The number of aliphatic hydroxyl groups is 1. The maximum absolute atomic E-state index is 11.3. The Bertz CT molecular complexity index is 270. The van der Waals surface area contributed by atoms with Gasteiger partial charge in [0.15, 0.2) is 9.84 Å². The summed E-state index contributed by atoms with van der Waals surface area (Å²) in [6, 6.07) is -0.101. The minimum atomic E-state index is -3.07. The number of aliphatic hydroxyl groups excluding tert-OH is 1. The maximum Gasteiger partial charge on any atom is 0.153 e. The van der Waals surface area contributed by atoms with Crippen LogP contribution in [0.15, 0.2) is 0 Å². The predicted octanol–water partition coefficient (Wildman–Crippen LogP) is 0.168. The Morgan fingerprint density at radius 2 is 1.79 bits per heavy atom. The Morgan fingerprint density at radius 1 is 1.36 bits per heavy atom. The molecule has 0 aliphatic carbocycles. The van der Waals surface area contributed by atoms with Gasteiger partial charge in [-0.2, -0.15) is 0 Å². The van der Waals surface area contributed by atoms with E-state index in [0.717, 1.165) is 0 Å². The molecule has 2 unspecified atom stereocenters. The van der Waals surface area contributed by atoms with Gasteiger partial charge in [0.05, 0.1) is 10.9 Å². The first-order valence-electron chi connectivity index (χ1n) is 4.69. The van der Waals surface area contributed by atoms with Crippen LogP contribution < -0.4 is 5.32 Å². The molecule has 0 aromatic carbocycles. The lowest BCUT2D eigenvalue weighted by atomic mass is 10.1. The van der Waals surface area contributed by atoms with Crippen LogP contribution in [0.25, 0.3) is 0 Å². The van der Waals surface area contributed by atoms with E-state index in [1.54, 1.807) is 20.8 Å². The van der Waals surface area contributed by atoms with Crippen molar-refractivity contribution in [3.05, 3.63) is 0 Å². The van der Waals surface area contributed by atoms with Crippen molar-refractivity contribution >= 4 is 9.84 Å². The van der Waals surface area contributed by atoms with Crippen molar-refractivity contribution in [1.29, 1.82) is 0 Å². The summed E-state index contributed by atoms with van der Waals surface area (Å²) in [5, 5.41) is 12.2. The van der Waals surface area contributed by atoms with Crippen LogP contribution in [-0.2, 0) is 9.84 Å². The first-order chi connectivity index (χ1) is 6.08. The van der Waals surface area contributed by atoms with Crippen LogP contribution in [-0.4, -0.2) is 43.2 Å². The molecule has 2 N–H and O–H groups in total. The molecule has 0 rings (SSSR count). The number of hydrogen-bond donors (Lipinski definition) is 2. The molecule has 0 aliphatic heterocycles. The normalized spacial score (nSPS) is 17.9. The molecule has 0 heterocycles. The summed E-state index contributed by atoms with van der Waals surface area (Å²) in [5.41, 5.74) is 0. The molecular formula is C9H21NO3S. The molecule has 0 fully saturated rings. The molecule has 0 saturated heterocycles. The van der Waals surface area contributed by atoms with Crippen molar-refractivity contribution in [1.82, 2.24) is 5.32 Å². The Morgan fingerprint density at radius 3 is 2.07 bits per heavy atom. The van der Waals surface area contributed by atoms with E-state index in [4.69, 9.17) is 0 Å².